The number of hydrogen-bond donors (Lipinski definition) is 1. The van der Waals surface area contributed by atoms with Crippen molar-refractivity contribution in [2.45, 2.75) is 46.5 Å². The van der Waals surface area contributed by atoms with E-state index in [1.54, 1.807) is 0 Å². The van der Waals surface area contributed by atoms with Crippen molar-refractivity contribution < 1.29 is 4.79 Å². The average molecular weight is 247 g/mol. The van der Waals surface area contributed by atoms with E-state index in [2.05, 4.69) is 19.9 Å². The summed E-state index contributed by atoms with van der Waals surface area (Å²) >= 11 is 0. The Labute approximate surface area is 111 Å². The molecule has 0 bridgehead atoms. The van der Waals surface area contributed by atoms with Crippen LogP contribution in [0.2, 0.25) is 0 Å². The number of hydrogen-bond acceptors (Lipinski definition) is 2. The first-order valence-corrected chi connectivity index (χ1v) is 6.89. The molecule has 0 fully saturated rings. The van der Waals surface area contributed by atoms with Gasteiger partial charge in [0.2, 0.25) is 0 Å². The highest BCUT2D eigenvalue weighted by Crippen LogP contribution is 2.19. The van der Waals surface area contributed by atoms with Gasteiger partial charge >= 0.3 is 0 Å². The Kier molecular flexibility index (Phi) is 6.06. The minimum Gasteiger partial charge on any atom is -0.330 e. The van der Waals surface area contributed by atoms with E-state index < -0.39 is 0 Å². The van der Waals surface area contributed by atoms with Gasteiger partial charge in [-0.2, -0.15) is 0 Å². The summed E-state index contributed by atoms with van der Waals surface area (Å²) in [5.41, 5.74) is 8.78. The van der Waals surface area contributed by atoms with Crippen molar-refractivity contribution >= 4 is 5.78 Å². The molecule has 0 aliphatic carbocycles. The number of benzene rings is 1. The highest BCUT2D eigenvalue weighted by molar-refractivity contribution is 5.97. The molecule has 0 aliphatic heterocycles. The molecule has 0 saturated heterocycles. The van der Waals surface area contributed by atoms with E-state index in [0.29, 0.717) is 12.3 Å². The monoisotopic (exact) mass is 247 g/mol. The lowest BCUT2D eigenvalue weighted by atomic mass is 9.92. The van der Waals surface area contributed by atoms with Gasteiger partial charge < -0.3 is 5.73 Å². The zero-order valence-electron chi connectivity index (χ0n) is 11.8. The Morgan fingerprint density at radius 3 is 2.61 bits per heavy atom. The molecule has 1 aromatic rings. The van der Waals surface area contributed by atoms with Crippen LogP contribution in [0.25, 0.3) is 0 Å². The smallest absolute Gasteiger partial charge is 0.163 e. The van der Waals surface area contributed by atoms with Crippen molar-refractivity contribution in [3.05, 3.63) is 34.9 Å². The van der Waals surface area contributed by atoms with E-state index in [-0.39, 0.29) is 5.78 Å². The summed E-state index contributed by atoms with van der Waals surface area (Å²) in [6.07, 6.45) is 3.73. The van der Waals surface area contributed by atoms with E-state index in [1.165, 1.54) is 5.56 Å². The molecular weight excluding hydrogens is 222 g/mol. The van der Waals surface area contributed by atoms with Gasteiger partial charge in [-0.15, -0.1) is 0 Å². The molecule has 0 heterocycles. The third kappa shape index (κ3) is 3.95. The van der Waals surface area contributed by atoms with Crippen LogP contribution >= 0.6 is 0 Å². The highest BCUT2D eigenvalue weighted by atomic mass is 16.1. The third-order valence-corrected chi connectivity index (χ3v) is 3.84. The Hall–Kier alpha value is -1.15. The van der Waals surface area contributed by atoms with Crippen LogP contribution in [0.5, 0.6) is 0 Å². The van der Waals surface area contributed by atoms with Gasteiger partial charge in [-0.1, -0.05) is 31.5 Å². The van der Waals surface area contributed by atoms with Crippen molar-refractivity contribution in [3.63, 3.8) is 0 Å². The van der Waals surface area contributed by atoms with Gasteiger partial charge in [-0.05, 0) is 50.3 Å². The van der Waals surface area contributed by atoms with E-state index in [9.17, 15) is 4.79 Å². The largest absolute Gasteiger partial charge is 0.330 e. The fourth-order valence-corrected chi connectivity index (χ4v) is 2.31. The van der Waals surface area contributed by atoms with E-state index >= 15 is 0 Å². The van der Waals surface area contributed by atoms with Crippen LogP contribution in [0.4, 0.5) is 0 Å². The van der Waals surface area contributed by atoms with Crippen molar-refractivity contribution in [1.29, 1.82) is 0 Å². The second-order valence-electron chi connectivity index (χ2n) is 5.06. The van der Waals surface area contributed by atoms with Gasteiger partial charge in [0.15, 0.2) is 5.78 Å². The van der Waals surface area contributed by atoms with Gasteiger partial charge in [0.05, 0.1) is 0 Å². The van der Waals surface area contributed by atoms with Gasteiger partial charge in [0, 0.05) is 12.0 Å². The number of ketones is 1. The molecule has 0 spiro atoms. The van der Waals surface area contributed by atoms with Crippen LogP contribution < -0.4 is 5.73 Å². The molecule has 1 unspecified atom stereocenters. The van der Waals surface area contributed by atoms with Crippen LogP contribution in [0.15, 0.2) is 18.2 Å². The van der Waals surface area contributed by atoms with E-state index in [1.807, 2.05) is 19.1 Å². The second-order valence-corrected chi connectivity index (χ2v) is 5.06. The van der Waals surface area contributed by atoms with Crippen LogP contribution in [-0.4, -0.2) is 12.3 Å². The number of nitrogens with two attached hydrogens (primary N) is 1. The topological polar surface area (TPSA) is 43.1 Å². The first-order valence-electron chi connectivity index (χ1n) is 6.89. The maximum absolute atomic E-state index is 12.2. The van der Waals surface area contributed by atoms with Crippen molar-refractivity contribution in [2.24, 2.45) is 11.7 Å². The number of rotatable bonds is 7. The minimum absolute atomic E-state index is 0.270. The maximum Gasteiger partial charge on any atom is 0.163 e. The lowest BCUT2D eigenvalue weighted by Crippen LogP contribution is -2.11. The van der Waals surface area contributed by atoms with Crippen LogP contribution in [0.3, 0.4) is 0 Å². The summed E-state index contributed by atoms with van der Waals surface area (Å²) in [7, 11) is 0. The molecule has 2 nitrogen and oxygen atoms in total. The van der Waals surface area contributed by atoms with Gasteiger partial charge in [-0.3, -0.25) is 4.79 Å². The third-order valence-electron chi connectivity index (χ3n) is 3.84. The Morgan fingerprint density at radius 2 is 2.00 bits per heavy atom. The molecule has 0 radical (unpaired) electrons. The predicted octanol–water partition coefficient (Wildman–Crippen LogP) is 3.64. The predicted molar refractivity (Wildman–Crippen MR) is 76.9 cm³/mol. The van der Waals surface area contributed by atoms with Crippen LogP contribution in [0, 0.1) is 19.8 Å². The molecule has 0 aliphatic rings. The van der Waals surface area contributed by atoms with Gasteiger partial charge in [-0.25, -0.2) is 0 Å². The molecule has 18 heavy (non-hydrogen) atoms. The highest BCUT2D eigenvalue weighted by Gasteiger charge is 2.13. The van der Waals surface area contributed by atoms with Crippen molar-refractivity contribution in [3.8, 4) is 0 Å². The Bertz CT molecular complexity index is 398. The molecule has 1 rings (SSSR count). The summed E-state index contributed by atoms with van der Waals surface area (Å²) in [6.45, 7) is 6.97. The summed E-state index contributed by atoms with van der Waals surface area (Å²) in [5, 5.41) is 0. The molecule has 0 aromatic heterocycles. The summed E-state index contributed by atoms with van der Waals surface area (Å²) in [5.74, 6) is 0.857. The van der Waals surface area contributed by atoms with Crippen LogP contribution in [0.1, 0.15) is 54.1 Å². The molecule has 0 amide bonds. The molecule has 2 heteroatoms. The lowest BCUT2D eigenvalue weighted by Gasteiger charge is -2.13. The molecule has 0 saturated carbocycles. The average Bonchev–Trinajstić information content (AvgIpc) is 2.37. The fourth-order valence-electron chi connectivity index (χ4n) is 2.31. The fraction of sp³-hybridized carbons (Fsp3) is 0.562. The number of carbonyl (C=O) groups excluding carboxylic acids is 1. The van der Waals surface area contributed by atoms with Crippen LogP contribution in [-0.2, 0) is 0 Å². The molecular formula is C16H25NO. The first kappa shape index (κ1) is 14.9. The van der Waals surface area contributed by atoms with E-state index in [0.717, 1.165) is 36.9 Å². The molecule has 100 valence electrons. The standard InChI is InChI=1S/C16H25NO/c1-4-14(10-11-17)8-9-16(18)15-7-5-6-12(2)13(15)3/h5-7,14H,4,8-11,17H2,1-3H3. The Balaban J connectivity index is 2.62. The second kappa shape index (κ2) is 7.32. The van der Waals surface area contributed by atoms with Crippen molar-refractivity contribution in [2.75, 3.05) is 6.54 Å². The molecule has 2 N–H and O–H groups in total. The SMILES string of the molecule is CCC(CCN)CCC(=O)c1cccc(C)c1C. The van der Waals surface area contributed by atoms with E-state index in [4.69, 9.17) is 5.73 Å². The van der Waals surface area contributed by atoms with Gasteiger partial charge in [0.25, 0.3) is 0 Å². The Morgan fingerprint density at radius 1 is 1.28 bits per heavy atom. The maximum atomic E-state index is 12.2. The normalized spacial score (nSPS) is 12.4. The zero-order chi connectivity index (χ0) is 13.5. The van der Waals surface area contributed by atoms with Gasteiger partial charge in [0.1, 0.15) is 0 Å². The molecule has 1 aromatic carbocycles. The minimum atomic E-state index is 0.270. The first-order chi connectivity index (χ1) is 8.60. The summed E-state index contributed by atoms with van der Waals surface area (Å²) < 4.78 is 0. The number of carbonyl (C=O) groups is 1. The summed E-state index contributed by atoms with van der Waals surface area (Å²) in [6, 6.07) is 5.96. The molecule has 1 atom stereocenters. The quantitative estimate of drug-likeness (QED) is 0.747. The number of aryl methyl sites for hydroxylation is 1. The van der Waals surface area contributed by atoms with Crippen molar-refractivity contribution in [1.82, 2.24) is 0 Å². The zero-order valence-corrected chi connectivity index (χ0v) is 11.8. The lowest BCUT2D eigenvalue weighted by molar-refractivity contribution is 0.0972. The number of Topliss-reactive ketones (excluding diaryl/α,β-unsaturated/α-hetero) is 1. The summed E-state index contributed by atoms with van der Waals surface area (Å²) in [4.78, 5) is 12.2.